The van der Waals surface area contributed by atoms with Crippen molar-refractivity contribution in [2.75, 3.05) is 13.2 Å². The standard InChI is InChI=1S/C17H27F2NO/c1-4-7-17(21-6-3)16(20-10-5-2)12-13-8-9-14(18)15(19)11-13/h8-9,11,16-17,20H,4-7,10,12H2,1-3H3. The fourth-order valence-corrected chi connectivity index (χ4v) is 2.48. The second kappa shape index (κ2) is 9.85. The Labute approximate surface area is 126 Å². The summed E-state index contributed by atoms with van der Waals surface area (Å²) >= 11 is 0. The van der Waals surface area contributed by atoms with Crippen molar-refractivity contribution in [3.63, 3.8) is 0 Å². The smallest absolute Gasteiger partial charge is 0.159 e. The quantitative estimate of drug-likeness (QED) is 0.703. The van der Waals surface area contributed by atoms with Gasteiger partial charge in [-0.2, -0.15) is 0 Å². The van der Waals surface area contributed by atoms with Gasteiger partial charge in [0.2, 0.25) is 0 Å². The van der Waals surface area contributed by atoms with Crippen LogP contribution in [0.15, 0.2) is 18.2 Å². The van der Waals surface area contributed by atoms with Gasteiger partial charge in [-0.15, -0.1) is 0 Å². The number of nitrogens with one attached hydrogen (secondary N) is 1. The van der Waals surface area contributed by atoms with E-state index in [2.05, 4.69) is 19.2 Å². The summed E-state index contributed by atoms with van der Waals surface area (Å²) in [5.74, 6) is -1.59. The van der Waals surface area contributed by atoms with E-state index in [1.165, 1.54) is 12.1 Å². The maximum atomic E-state index is 13.4. The summed E-state index contributed by atoms with van der Waals surface area (Å²) < 4.78 is 32.2. The van der Waals surface area contributed by atoms with Crippen LogP contribution in [0.2, 0.25) is 0 Å². The molecule has 0 radical (unpaired) electrons. The molecule has 1 aromatic rings. The molecular formula is C17H27F2NO. The molecule has 2 atom stereocenters. The molecule has 0 aliphatic carbocycles. The number of rotatable bonds is 10. The van der Waals surface area contributed by atoms with Gasteiger partial charge < -0.3 is 10.1 Å². The van der Waals surface area contributed by atoms with Crippen molar-refractivity contribution in [3.05, 3.63) is 35.4 Å². The van der Waals surface area contributed by atoms with Gasteiger partial charge >= 0.3 is 0 Å². The zero-order valence-electron chi connectivity index (χ0n) is 13.3. The highest BCUT2D eigenvalue weighted by atomic mass is 19.2. The van der Waals surface area contributed by atoms with Crippen LogP contribution >= 0.6 is 0 Å². The molecule has 0 aromatic heterocycles. The molecular weight excluding hydrogens is 272 g/mol. The Kier molecular flexibility index (Phi) is 8.47. The zero-order valence-corrected chi connectivity index (χ0v) is 13.3. The highest BCUT2D eigenvalue weighted by Gasteiger charge is 2.21. The lowest BCUT2D eigenvalue weighted by molar-refractivity contribution is 0.0282. The van der Waals surface area contributed by atoms with Crippen molar-refractivity contribution < 1.29 is 13.5 Å². The van der Waals surface area contributed by atoms with Crippen molar-refractivity contribution in [2.45, 2.75) is 58.6 Å². The predicted molar refractivity (Wildman–Crippen MR) is 82.5 cm³/mol. The van der Waals surface area contributed by atoms with Crippen LogP contribution < -0.4 is 5.32 Å². The van der Waals surface area contributed by atoms with Crippen LogP contribution in [0.5, 0.6) is 0 Å². The molecule has 0 amide bonds. The van der Waals surface area contributed by atoms with Crippen LogP contribution in [0, 0.1) is 11.6 Å². The number of benzene rings is 1. The van der Waals surface area contributed by atoms with Crippen LogP contribution in [0.1, 0.15) is 45.6 Å². The summed E-state index contributed by atoms with van der Waals surface area (Å²) in [5, 5.41) is 3.48. The van der Waals surface area contributed by atoms with E-state index in [0.717, 1.165) is 31.4 Å². The molecule has 0 bridgehead atoms. The van der Waals surface area contributed by atoms with Gasteiger partial charge in [0.15, 0.2) is 11.6 Å². The summed E-state index contributed by atoms with van der Waals surface area (Å²) in [7, 11) is 0. The molecule has 0 saturated heterocycles. The lowest BCUT2D eigenvalue weighted by atomic mass is 9.98. The summed E-state index contributed by atoms with van der Waals surface area (Å²) in [6.07, 6.45) is 3.76. The first-order valence-corrected chi connectivity index (χ1v) is 7.91. The summed E-state index contributed by atoms with van der Waals surface area (Å²) in [6, 6.07) is 4.24. The molecule has 1 N–H and O–H groups in total. The van der Waals surface area contributed by atoms with Crippen LogP contribution in [0.3, 0.4) is 0 Å². The number of hydrogen-bond acceptors (Lipinski definition) is 2. The number of halogens is 2. The lowest BCUT2D eigenvalue weighted by Crippen LogP contribution is -2.43. The first kappa shape index (κ1) is 18.1. The topological polar surface area (TPSA) is 21.3 Å². The fourth-order valence-electron chi connectivity index (χ4n) is 2.48. The van der Waals surface area contributed by atoms with Crippen molar-refractivity contribution in [1.29, 1.82) is 0 Å². The Morgan fingerprint density at radius 2 is 1.86 bits per heavy atom. The highest BCUT2D eigenvalue weighted by Crippen LogP contribution is 2.16. The van der Waals surface area contributed by atoms with Crippen molar-refractivity contribution in [2.24, 2.45) is 0 Å². The molecule has 0 saturated carbocycles. The third kappa shape index (κ3) is 6.10. The Balaban J connectivity index is 2.81. The van der Waals surface area contributed by atoms with E-state index in [0.29, 0.717) is 13.0 Å². The molecule has 0 heterocycles. The number of ether oxygens (including phenoxy) is 1. The summed E-state index contributed by atoms with van der Waals surface area (Å²) in [4.78, 5) is 0. The van der Waals surface area contributed by atoms with Gasteiger partial charge in [-0.1, -0.05) is 26.3 Å². The molecule has 0 spiro atoms. The molecule has 0 aliphatic rings. The van der Waals surface area contributed by atoms with Gasteiger partial charge in [0.1, 0.15) is 0 Å². The van der Waals surface area contributed by atoms with Gasteiger partial charge in [-0.25, -0.2) is 8.78 Å². The Hall–Kier alpha value is -1.00. The predicted octanol–water partition coefficient (Wildman–Crippen LogP) is 4.08. The lowest BCUT2D eigenvalue weighted by Gasteiger charge is -2.28. The van der Waals surface area contributed by atoms with Gasteiger partial charge in [-0.3, -0.25) is 0 Å². The average Bonchev–Trinajstić information content (AvgIpc) is 2.47. The second-order valence-electron chi connectivity index (χ2n) is 5.30. The Morgan fingerprint density at radius 3 is 2.43 bits per heavy atom. The summed E-state index contributed by atoms with van der Waals surface area (Å²) in [6.45, 7) is 7.77. The maximum Gasteiger partial charge on any atom is 0.159 e. The minimum absolute atomic E-state index is 0.0969. The minimum Gasteiger partial charge on any atom is -0.377 e. The van der Waals surface area contributed by atoms with E-state index in [4.69, 9.17) is 4.74 Å². The highest BCUT2D eigenvalue weighted by molar-refractivity contribution is 5.19. The normalized spacial score (nSPS) is 14.1. The minimum atomic E-state index is -0.799. The largest absolute Gasteiger partial charge is 0.377 e. The fraction of sp³-hybridized carbons (Fsp3) is 0.647. The zero-order chi connectivity index (χ0) is 15.7. The third-order valence-corrected chi connectivity index (χ3v) is 3.50. The van der Waals surface area contributed by atoms with Crippen LogP contribution in [-0.2, 0) is 11.2 Å². The number of hydrogen-bond donors (Lipinski definition) is 1. The first-order chi connectivity index (χ1) is 10.1. The molecule has 0 aliphatic heterocycles. The first-order valence-electron chi connectivity index (χ1n) is 7.91. The van der Waals surface area contributed by atoms with Crippen LogP contribution in [0.25, 0.3) is 0 Å². The van der Waals surface area contributed by atoms with Crippen LogP contribution in [-0.4, -0.2) is 25.3 Å². The molecule has 21 heavy (non-hydrogen) atoms. The van der Waals surface area contributed by atoms with Crippen molar-refractivity contribution >= 4 is 0 Å². The van der Waals surface area contributed by atoms with Gasteiger partial charge in [0.05, 0.1) is 6.10 Å². The van der Waals surface area contributed by atoms with Crippen molar-refractivity contribution in [1.82, 2.24) is 5.32 Å². The molecule has 120 valence electrons. The molecule has 0 fully saturated rings. The molecule has 4 heteroatoms. The maximum absolute atomic E-state index is 13.4. The van der Waals surface area contributed by atoms with E-state index >= 15 is 0 Å². The van der Waals surface area contributed by atoms with Crippen molar-refractivity contribution in [3.8, 4) is 0 Å². The SMILES string of the molecule is CCCNC(Cc1ccc(F)c(F)c1)C(CCC)OCC. The van der Waals surface area contributed by atoms with E-state index in [9.17, 15) is 8.78 Å². The molecule has 1 aromatic carbocycles. The molecule has 1 rings (SSSR count). The van der Waals surface area contributed by atoms with E-state index in [1.807, 2.05) is 6.92 Å². The third-order valence-electron chi connectivity index (χ3n) is 3.50. The second-order valence-corrected chi connectivity index (χ2v) is 5.30. The monoisotopic (exact) mass is 299 g/mol. The van der Waals surface area contributed by atoms with Gasteiger partial charge in [0, 0.05) is 12.6 Å². The molecule has 2 nitrogen and oxygen atoms in total. The summed E-state index contributed by atoms with van der Waals surface area (Å²) in [5.41, 5.74) is 0.795. The Bertz CT molecular complexity index is 406. The van der Waals surface area contributed by atoms with Crippen LogP contribution in [0.4, 0.5) is 8.78 Å². The van der Waals surface area contributed by atoms with E-state index < -0.39 is 11.6 Å². The average molecular weight is 299 g/mol. The Morgan fingerprint density at radius 1 is 1.10 bits per heavy atom. The van der Waals surface area contributed by atoms with Gasteiger partial charge in [-0.05, 0) is 50.4 Å². The van der Waals surface area contributed by atoms with E-state index in [1.54, 1.807) is 6.07 Å². The van der Waals surface area contributed by atoms with Gasteiger partial charge in [0.25, 0.3) is 0 Å². The van der Waals surface area contributed by atoms with E-state index in [-0.39, 0.29) is 12.1 Å². The molecule has 2 unspecified atom stereocenters.